The third-order valence-corrected chi connectivity index (χ3v) is 4.20. The summed E-state index contributed by atoms with van der Waals surface area (Å²) in [5.41, 5.74) is 1.35. The molecule has 0 unspecified atom stereocenters. The van der Waals surface area contributed by atoms with E-state index in [-0.39, 0.29) is 6.03 Å². The summed E-state index contributed by atoms with van der Waals surface area (Å²) in [6.07, 6.45) is 0. The number of thiazole rings is 1. The van der Waals surface area contributed by atoms with E-state index in [0.29, 0.717) is 18.0 Å². The number of carbonyl (C=O) groups is 2. The maximum Gasteiger partial charge on any atom is 0.332 e. The summed E-state index contributed by atoms with van der Waals surface area (Å²) in [4.78, 5) is 29.7. The van der Waals surface area contributed by atoms with E-state index >= 15 is 0 Å². The molecule has 6 nitrogen and oxygen atoms in total. The van der Waals surface area contributed by atoms with Gasteiger partial charge in [0.05, 0.1) is 24.4 Å². The maximum atomic E-state index is 12.2. The van der Waals surface area contributed by atoms with Crippen molar-refractivity contribution in [2.45, 2.75) is 39.3 Å². The topological polar surface area (TPSA) is 71.5 Å². The quantitative estimate of drug-likeness (QED) is 0.644. The Kier molecular flexibility index (Phi) is 6.55. The Balaban J connectivity index is 2.67. The van der Waals surface area contributed by atoms with Crippen molar-refractivity contribution in [1.29, 1.82) is 0 Å². The van der Waals surface area contributed by atoms with Crippen LogP contribution in [0.2, 0.25) is 0 Å². The fraction of sp³-hybridized carbons (Fsp3) is 0.533. The number of hydrogen-bond acceptors (Lipinski definition) is 5. The minimum absolute atomic E-state index is 0.366. The Morgan fingerprint density at radius 2 is 2.14 bits per heavy atom. The third-order valence-electron chi connectivity index (χ3n) is 3.01. The fourth-order valence-electron chi connectivity index (χ4n) is 1.71. The Morgan fingerprint density at radius 1 is 1.50 bits per heavy atom. The van der Waals surface area contributed by atoms with Crippen LogP contribution in [0.15, 0.2) is 17.5 Å². The lowest BCUT2D eigenvalue weighted by Crippen LogP contribution is -2.47. The van der Waals surface area contributed by atoms with Crippen LogP contribution in [0, 0.1) is 0 Å². The maximum absolute atomic E-state index is 12.2. The zero-order valence-corrected chi connectivity index (χ0v) is 14.5. The van der Waals surface area contributed by atoms with E-state index in [4.69, 9.17) is 0 Å². The molecular formula is C15H23N3O3S. The number of methoxy groups -OCH3 is 1. The predicted molar refractivity (Wildman–Crippen MR) is 86.8 cm³/mol. The van der Waals surface area contributed by atoms with Crippen LogP contribution >= 0.6 is 11.3 Å². The molecule has 1 atom stereocenters. The van der Waals surface area contributed by atoms with Crippen molar-refractivity contribution in [3.63, 3.8) is 0 Å². The zero-order chi connectivity index (χ0) is 16.9. The lowest BCUT2D eigenvalue weighted by Gasteiger charge is -2.21. The minimum Gasteiger partial charge on any atom is -0.467 e. The highest BCUT2D eigenvalue weighted by atomic mass is 32.1. The molecule has 0 bridgehead atoms. The highest BCUT2D eigenvalue weighted by Gasteiger charge is 2.24. The van der Waals surface area contributed by atoms with Crippen molar-refractivity contribution in [3.05, 3.63) is 28.2 Å². The number of urea groups is 1. The Labute approximate surface area is 135 Å². The number of hydrogen-bond donors (Lipinski definition) is 1. The summed E-state index contributed by atoms with van der Waals surface area (Å²) in [7, 11) is 2.92. The molecule has 0 fully saturated rings. The standard InChI is InChI=1S/C15H23N3O3S/c1-9(2)12(14(19)21-6)17-15(20)18(5)7-11-8-22-13(16-11)10(3)4/h8,10,12H,1,7H2,2-6H3,(H,17,20)/t12-/m0/s1. The number of amides is 2. The van der Waals surface area contributed by atoms with Crippen LogP contribution in [0.1, 0.15) is 37.4 Å². The van der Waals surface area contributed by atoms with Crippen molar-refractivity contribution in [1.82, 2.24) is 15.2 Å². The molecule has 1 N–H and O–H groups in total. The molecule has 0 aliphatic rings. The van der Waals surface area contributed by atoms with Crippen LogP contribution in [0.25, 0.3) is 0 Å². The number of nitrogens with zero attached hydrogens (tertiary/aromatic N) is 2. The normalized spacial score (nSPS) is 11.9. The smallest absolute Gasteiger partial charge is 0.332 e. The first-order chi connectivity index (χ1) is 10.3. The first-order valence-electron chi connectivity index (χ1n) is 6.95. The van der Waals surface area contributed by atoms with Gasteiger partial charge in [0.1, 0.15) is 6.04 Å². The average Bonchev–Trinajstić information content (AvgIpc) is 2.91. The van der Waals surface area contributed by atoms with E-state index in [0.717, 1.165) is 10.7 Å². The minimum atomic E-state index is -0.846. The van der Waals surface area contributed by atoms with E-state index in [1.54, 1.807) is 25.3 Å². The van der Waals surface area contributed by atoms with Gasteiger partial charge in [0.2, 0.25) is 0 Å². The van der Waals surface area contributed by atoms with Crippen LogP contribution in [0.5, 0.6) is 0 Å². The van der Waals surface area contributed by atoms with Gasteiger partial charge >= 0.3 is 12.0 Å². The number of ether oxygens (including phenoxy) is 1. The van der Waals surface area contributed by atoms with Gasteiger partial charge in [-0.05, 0) is 12.5 Å². The molecule has 1 rings (SSSR count). The van der Waals surface area contributed by atoms with Crippen LogP contribution in [0.3, 0.4) is 0 Å². The summed E-state index contributed by atoms with van der Waals surface area (Å²) in [6, 6.07) is -1.22. The molecule has 0 aliphatic heterocycles. The first kappa shape index (κ1) is 18.2. The average molecular weight is 325 g/mol. The number of rotatable bonds is 6. The van der Waals surface area contributed by atoms with Gasteiger partial charge in [-0.25, -0.2) is 14.6 Å². The Bertz CT molecular complexity index is 554. The molecule has 22 heavy (non-hydrogen) atoms. The van der Waals surface area contributed by atoms with Crippen LogP contribution in [0.4, 0.5) is 4.79 Å². The second-order valence-corrected chi connectivity index (χ2v) is 6.33. The van der Waals surface area contributed by atoms with E-state index in [9.17, 15) is 9.59 Å². The van der Waals surface area contributed by atoms with E-state index in [1.807, 2.05) is 5.38 Å². The molecule has 1 heterocycles. The highest BCUT2D eigenvalue weighted by molar-refractivity contribution is 7.09. The van der Waals surface area contributed by atoms with Crippen molar-refractivity contribution in [2.75, 3.05) is 14.2 Å². The highest BCUT2D eigenvalue weighted by Crippen LogP contribution is 2.19. The largest absolute Gasteiger partial charge is 0.467 e. The van der Waals surface area contributed by atoms with Gasteiger partial charge in [-0.3, -0.25) is 0 Å². The summed E-state index contributed by atoms with van der Waals surface area (Å²) in [5.74, 6) is -0.171. The lowest BCUT2D eigenvalue weighted by molar-refractivity contribution is -0.141. The molecule has 1 aromatic rings. The molecule has 0 spiro atoms. The van der Waals surface area contributed by atoms with E-state index < -0.39 is 12.0 Å². The van der Waals surface area contributed by atoms with Crippen LogP contribution in [-0.4, -0.2) is 42.1 Å². The number of aromatic nitrogens is 1. The molecule has 2 amide bonds. The van der Waals surface area contributed by atoms with E-state index in [1.165, 1.54) is 12.0 Å². The number of nitrogens with one attached hydrogen (secondary N) is 1. The van der Waals surface area contributed by atoms with Gasteiger partial charge in [-0.2, -0.15) is 0 Å². The van der Waals surface area contributed by atoms with Gasteiger partial charge in [0, 0.05) is 18.3 Å². The van der Waals surface area contributed by atoms with Crippen molar-refractivity contribution in [3.8, 4) is 0 Å². The van der Waals surface area contributed by atoms with Crippen LogP contribution < -0.4 is 5.32 Å². The van der Waals surface area contributed by atoms with Crippen molar-refractivity contribution < 1.29 is 14.3 Å². The molecule has 0 saturated carbocycles. The SMILES string of the molecule is C=C(C)[C@H](NC(=O)N(C)Cc1csc(C(C)C)n1)C(=O)OC. The second kappa shape index (κ2) is 7.93. The fourth-order valence-corrected chi connectivity index (χ4v) is 2.54. The zero-order valence-electron chi connectivity index (χ0n) is 13.7. The monoisotopic (exact) mass is 325 g/mol. The molecule has 7 heteroatoms. The van der Waals surface area contributed by atoms with E-state index in [2.05, 4.69) is 35.5 Å². The lowest BCUT2D eigenvalue weighted by atomic mass is 10.1. The molecule has 0 aromatic carbocycles. The molecule has 0 saturated heterocycles. The number of esters is 1. The van der Waals surface area contributed by atoms with Gasteiger partial charge < -0.3 is 15.0 Å². The van der Waals surface area contributed by atoms with Gasteiger partial charge in [0.15, 0.2) is 0 Å². The van der Waals surface area contributed by atoms with Gasteiger partial charge in [0.25, 0.3) is 0 Å². The summed E-state index contributed by atoms with van der Waals surface area (Å²) < 4.78 is 4.66. The predicted octanol–water partition coefficient (Wildman–Crippen LogP) is 2.53. The Hall–Kier alpha value is -1.89. The summed E-state index contributed by atoms with van der Waals surface area (Å²) in [5, 5.41) is 5.59. The molecular weight excluding hydrogens is 302 g/mol. The molecule has 0 aliphatic carbocycles. The summed E-state index contributed by atoms with van der Waals surface area (Å²) in [6.45, 7) is 9.89. The first-order valence-corrected chi connectivity index (χ1v) is 7.83. The number of carbonyl (C=O) groups excluding carboxylic acids is 2. The van der Waals surface area contributed by atoms with Gasteiger partial charge in [-0.1, -0.05) is 20.4 Å². The molecule has 1 aromatic heterocycles. The Morgan fingerprint density at radius 3 is 2.59 bits per heavy atom. The molecule has 122 valence electrons. The summed E-state index contributed by atoms with van der Waals surface area (Å²) >= 11 is 1.58. The van der Waals surface area contributed by atoms with Gasteiger partial charge in [-0.15, -0.1) is 11.3 Å². The van der Waals surface area contributed by atoms with Crippen LogP contribution in [-0.2, 0) is 16.1 Å². The second-order valence-electron chi connectivity index (χ2n) is 5.44. The van der Waals surface area contributed by atoms with Crippen molar-refractivity contribution in [2.24, 2.45) is 0 Å². The molecule has 0 radical (unpaired) electrons. The third kappa shape index (κ3) is 4.84. The van der Waals surface area contributed by atoms with Crippen molar-refractivity contribution >= 4 is 23.3 Å².